The van der Waals surface area contributed by atoms with Crippen LogP contribution < -0.4 is 15.0 Å². The fraction of sp³-hybridized carbons (Fsp3) is 0.250. The first-order valence-corrected chi connectivity index (χ1v) is 11.6. The largest absolute Gasteiger partial charge is 0.508 e. The van der Waals surface area contributed by atoms with Crippen LogP contribution in [-0.2, 0) is 25.5 Å². The smallest absolute Gasteiger partial charge is 0.327 e. The van der Waals surface area contributed by atoms with E-state index in [1.54, 1.807) is 48.5 Å². The summed E-state index contributed by atoms with van der Waals surface area (Å²) in [5.74, 6) is -2.78. The molecule has 0 radical (unpaired) electrons. The first-order chi connectivity index (χ1) is 17.4. The van der Waals surface area contributed by atoms with E-state index in [1.165, 1.54) is 31.3 Å². The number of amides is 2. The van der Waals surface area contributed by atoms with Gasteiger partial charge in [-0.2, -0.15) is 0 Å². The lowest BCUT2D eigenvalue weighted by molar-refractivity contribution is -0.152. The predicted octanol–water partition coefficient (Wildman–Crippen LogP) is 3.01. The molecule has 0 spiro atoms. The Kier molecular flexibility index (Phi) is 5.97. The fourth-order valence-corrected chi connectivity index (χ4v) is 5.57. The van der Waals surface area contributed by atoms with Crippen molar-refractivity contribution in [2.75, 3.05) is 19.1 Å². The lowest BCUT2D eigenvalue weighted by atomic mass is 9.76. The average molecular weight is 487 g/mol. The second-order valence-electron chi connectivity index (χ2n) is 9.02. The van der Waals surface area contributed by atoms with E-state index in [-0.39, 0.29) is 12.2 Å². The van der Waals surface area contributed by atoms with Crippen LogP contribution in [0.1, 0.15) is 17.2 Å². The van der Waals surface area contributed by atoms with Crippen molar-refractivity contribution in [1.82, 2.24) is 5.32 Å². The van der Waals surface area contributed by atoms with Crippen LogP contribution in [0.4, 0.5) is 5.69 Å². The van der Waals surface area contributed by atoms with E-state index in [9.17, 15) is 19.5 Å². The number of hydrogen-bond donors (Lipinski definition) is 2. The molecule has 36 heavy (non-hydrogen) atoms. The van der Waals surface area contributed by atoms with Gasteiger partial charge in [-0.3, -0.25) is 19.7 Å². The molecule has 8 nitrogen and oxygen atoms in total. The number of rotatable bonds is 6. The number of nitrogens with one attached hydrogen (secondary N) is 1. The van der Waals surface area contributed by atoms with E-state index in [2.05, 4.69) is 5.32 Å². The SMILES string of the molecule is COC(=O)C1(Cc2ccc(O)cc2)NC(c2ccccc2OC)C2C(=O)N(c3ccccc3)C(=O)C21. The van der Waals surface area contributed by atoms with Crippen LogP contribution in [0.2, 0.25) is 0 Å². The molecule has 5 rings (SSSR count). The van der Waals surface area contributed by atoms with Crippen molar-refractivity contribution in [2.45, 2.75) is 18.0 Å². The molecule has 2 N–H and O–H groups in total. The normalized spacial score (nSPS) is 25.1. The minimum atomic E-state index is -1.53. The number of imide groups is 1. The molecule has 4 atom stereocenters. The van der Waals surface area contributed by atoms with Crippen LogP contribution in [0.3, 0.4) is 0 Å². The lowest BCUT2D eigenvalue weighted by Gasteiger charge is -2.33. The minimum Gasteiger partial charge on any atom is -0.508 e. The van der Waals surface area contributed by atoms with Crippen molar-refractivity contribution >= 4 is 23.5 Å². The summed E-state index contributed by atoms with van der Waals surface area (Å²) in [6.45, 7) is 0. The number of fused-ring (bicyclic) bond motifs is 1. The highest BCUT2D eigenvalue weighted by Gasteiger charge is 2.69. The highest BCUT2D eigenvalue weighted by Crippen LogP contribution is 2.52. The zero-order valence-corrected chi connectivity index (χ0v) is 19.9. The molecule has 0 bridgehead atoms. The molecule has 0 aromatic heterocycles. The van der Waals surface area contributed by atoms with Gasteiger partial charge in [0.2, 0.25) is 11.8 Å². The first-order valence-electron chi connectivity index (χ1n) is 11.6. The van der Waals surface area contributed by atoms with Crippen molar-refractivity contribution in [1.29, 1.82) is 0 Å². The highest BCUT2D eigenvalue weighted by molar-refractivity contribution is 6.24. The number of carbonyl (C=O) groups excluding carboxylic acids is 3. The van der Waals surface area contributed by atoms with E-state index < -0.39 is 41.2 Å². The number of ether oxygens (including phenoxy) is 2. The summed E-state index contributed by atoms with van der Waals surface area (Å²) in [5.41, 5.74) is 0.285. The van der Waals surface area contributed by atoms with Gasteiger partial charge in [0.1, 0.15) is 17.0 Å². The van der Waals surface area contributed by atoms with Crippen molar-refractivity contribution < 1.29 is 29.0 Å². The van der Waals surface area contributed by atoms with Crippen LogP contribution in [-0.4, -0.2) is 42.6 Å². The van der Waals surface area contributed by atoms with Crippen LogP contribution in [0.15, 0.2) is 78.9 Å². The fourth-order valence-electron chi connectivity index (χ4n) is 5.57. The Morgan fingerprint density at radius 3 is 2.28 bits per heavy atom. The Bertz CT molecular complexity index is 1310. The Balaban J connectivity index is 1.69. The number of aromatic hydroxyl groups is 1. The second kappa shape index (κ2) is 9.13. The summed E-state index contributed by atoms with van der Waals surface area (Å²) < 4.78 is 10.8. The number of para-hydroxylation sites is 2. The van der Waals surface area contributed by atoms with Crippen molar-refractivity contribution in [3.63, 3.8) is 0 Å². The molecule has 8 heteroatoms. The van der Waals surface area contributed by atoms with E-state index in [1.807, 2.05) is 18.2 Å². The Morgan fingerprint density at radius 1 is 0.944 bits per heavy atom. The van der Waals surface area contributed by atoms with Crippen molar-refractivity contribution in [3.8, 4) is 11.5 Å². The van der Waals surface area contributed by atoms with Gasteiger partial charge in [0.25, 0.3) is 0 Å². The molecule has 2 saturated heterocycles. The zero-order valence-electron chi connectivity index (χ0n) is 19.9. The van der Waals surface area contributed by atoms with Gasteiger partial charge in [-0.05, 0) is 35.9 Å². The van der Waals surface area contributed by atoms with E-state index in [0.29, 0.717) is 22.6 Å². The van der Waals surface area contributed by atoms with Gasteiger partial charge < -0.3 is 14.6 Å². The summed E-state index contributed by atoms with van der Waals surface area (Å²) in [6.07, 6.45) is 0.0778. The molecular weight excluding hydrogens is 460 g/mol. The maximum absolute atomic E-state index is 14.0. The quantitative estimate of drug-likeness (QED) is 0.408. The maximum atomic E-state index is 14.0. The molecule has 2 aliphatic heterocycles. The molecule has 0 aliphatic carbocycles. The van der Waals surface area contributed by atoms with Crippen LogP contribution in [0.5, 0.6) is 11.5 Å². The van der Waals surface area contributed by atoms with E-state index >= 15 is 0 Å². The zero-order chi connectivity index (χ0) is 25.4. The van der Waals surface area contributed by atoms with E-state index in [0.717, 1.165) is 0 Å². The number of benzene rings is 3. The lowest BCUT2D eigenvalue weighted by Crippen LogP contribution is -2.57. The number of phenols is 1. The van der Waals surface area contributed by atoms with Gasteiger partial charge in [-0.1, -0.05) is 48.5 Å². The topological polar surface area (TPSA) is 105 Å². The molecule has 2 aliphatic rings. The van der Waals surface area contributed by atoms with Gasteiger partial charge in [0.05, 0.1) is 31.7 Å². The highest BCUT2D eigenvalue weighted by atomic mass is 16.5. The molecule has 2 amide bonds. The number of anilines is 1. The minimum absolute atomic E-state index is 0.0778. The van der Waals surface area contributed by atoms with Crippen molar-refractivity contribution in [2.24, 2.45) is 11.8 Å². The summed E-state index contributed by atoms with van der Waals surface area (Å²) in [7, 11) is 2.80. The summed E-state index contributed by atoms with van der Waals surface area (Å²) in [6, 6.07) is 21.7. The number of nitrogens with zero attached hydrogens (tertiary/aromatic N) is 1. The Labute approximate surface area is 208 Å². The summed E-state index contributed by atoms with van der Waals surface area (Å²) in [5, 5.41) is 13.1. The molecule has 3 aromatic carbocycles. The third kappa shape index (κ3) is 3.61. The molecule has 2 heterocycles. The van der Waals surface area contributed by atoms with Gasteiger partial charge in [-0.15, -0.1) is 0 Å². The number of hydrogen-bond acceptors (Lipinski definition) is 7. The summed E-state index contributed by atoms with van der Waals surface area (Å²) >= 11 is 0. The molecule has 184 valence electrons. The Hall–Kier alpha value is -4.17. The molecule has 2 fully saturated rings. The van der Waals surface area contributed by atoms with Crippen LogP contribution in [0, 0.1) is 11.8 Å². The average Bonchev–Trinajstić information content (AvgIpc) is 3.39. The Morgan fingerprint density at radius 2 is 1.61 bits per heavy atom. The number of methoxy groups -OCH3 is 2. The van der Waals surface area contributed by atoms with E-state index in [4.69, 9.17) is 9.47 Å². The second-order valence-corrected chi connectivity index (χ2v) is 9.02. The molecule has 0 saturated carbocycles. The number of carbonyl (C=O) groups is 3. The van der Waals surface area contributed by atoms with Gasteiger partial charge in [-0.25, -0.2) is 4.90 Å². The standard InChI is InChI=1S/C28H26N2O6/c1-35-21-11-7-6-10-20(21)24-22-23(26(33)30(25(22)32)18-8-4-3-5-9-18)28(29-24,27(34)36-2)16-17-12-14-19(31)15-13-17/h3-15,22-24,29,31H,16H2,1-2H3. The van der Waals surface area contributed by atoms with Gasteiger partial charge in [0.15, 0.2) is 0 Å². The van der Waals surface area contributed by atoms with Crippen LogP contribution in [0.25, 0.3) is 0 Å². The third-order valence-electron chi connectivity index (χ3n) is 7.11. The third-order valence-corrected chi connectivity index (χ3v) is 7.11. The summed E-state index contributed by atoms with van der Waals surface area (Å²) in [4.78, 5) is 42.6. The van der Waals surface area contributed by atoms with Crippen LogP contribution >= 0.6 is 0 Å². The molecular formula is C28H26N2O6. The van der Waals surface area contributed by atoms with Gasteiger partial charge >= 0.3 is 5.97 Å². The molecule has 4 unspecified atom stereocenters. The first kappa shape index (κ1) is 23.6. The maximum Gasteiger partial charge on any atom is 0.327 e. The van der Waals surface area contributed by atoms with Gasteiger partial charge in [0, 0.05) is 18.0 Å². The predicted molar refractivity (Wildman–Crippen MR) is 131 cm³/mol. The monoisotopic (exact) mass is 486 g/mol. The number of esters is 1. The molecule has 3 aromatic rings. The number of phenolic OH excluding ortho intramolecular Hbond substituents is 1. The van der Waals surface area contributed by atoms with Crippen molar-refractivity contribution in [3.05, 3.63) is 90.0 Å².